The average Bonchev–Trinajstić information content (AvgIpc) is 3.22. The first-order valence-corrected chi connectivity index (χ1v) is 11.0. The van der Waals surface area contributed by atoms with Crippen molar-refractivity contribution in [1.29, 1.82) is 0 Å². The van der Waals surface area contributed by atoms with Crippen LogP contribution < -0.4 is 0 Å². The first kappa shape index (κ1) is 20.9. The molecule has 30 heavy (non-hydrogen) atoms. The van der Waals surface area contributed by atoms with E-state index in [1.165, 1.54) is 45.2 Å². The first-order chi connectivity index (χ1) is 14.7. The molecular weight excluding hydrogens is 380 g/mol. The summed E-state index contributed by atoms with van der Waals surface area (Å²) in [7, 11) is 1.69. The van der Waals surface area contributed by atoms with Crippen molar-refractivity contribution >= 4 is 5.91 Å². The number of aryl methyl sites for hydroxylation is 1. The summed E-state index contributed by atoms with van der Waals surface area (Å²) in [5.74, 6) is 1.33. The van der Waals surface area contributed by atoms with Crippen LogP contribution in [0.5, 0.6) is 0 Å². The molecule has 162 valence electrons. The van der Waals surface area contributed by atoms with Gasteiger partial charge in [0.15, 0.2) is 5.82 Å². The molecule has 0 saturated carbocycles. The second kappa shape index (κ2) is 9.66. The number of amides is 1. The minimum atomic E-state index is 0.0694. The van der Waals surface area contributed by atoms with Crippen LogP contribution in [0.4, 0.5) is 0 Å². The molecule has 0 N–H and O–H groups in total. The Kier molecular flexibility index (Phi) is 6.74. The number of rotatable bonds is 7. The molecule has 8 heteroatoms. The molecular formula is C22H32N6O2. The van der Waals surface area contributed by atoms with Crippen molar-refractivity contribution in [1.82, 2.24) is 30.0 Å². The third kappa shape index (κ3) is 4.54. The van der Waals surface area contributed by atoms with Crippen molar-refractivity contribution in [2.75, 3.05) is 39.9 Å². The van der Waals surface area contributed by atoms with E-state index < -0.39 is 0 Å². The van der Waals surface area contributed by atoms with Gasteiger partial charge in [0, 0.05) is 31.8 Å². The van der Waals surface area contributed by atoms with E-state index in [-0.39, 0.29) is 5.91 Å². The van der Waals surface area contributed by atoms with E-state index in [0.717, 1.165) is 12.2 Å². The summed E-state index contributed by atoms with van der Waals surface area (Å²) >= 11 is 0. The number of ether oxygens (including phenoxy) is 1. The lowest BCUT2D eigenvalue weighted by Gasteiger charge is -2.45. The van der Waals surface area contributed by atoms with Gasteiger partial charge in [0.25, 0.3) is 5.91 Å². The summed E-state index contributed by atoms with van der Waals surface area (Å²) in [6.07, 6.45) is 6.31. The number of tetrazole rings is 1. The number of methoxy groups -OCH3 is 1. The molecule has 1 aromatic carbocycles. The summed E-state index contributed by atoms with van der Waals surface area (Å²) in [4.78, 5) is 18.0. The fraction of sp³-hybridized carbons (Fsp3) is 0.636. The van der Waals surface area contributed by atoms with Gasteiger partial charge >= 0.3 is 0 Å². The lowest BCUT2D eigenvalue weighted by Crippen LogP contribution is -2.52. The molecule has 0 spiro atoms. The van der Waals surface area contributed by atoms with E-state index in [0.29, 0.717) is 36.5 Å². The van der Waals surface area contributed by atoms with Crippen molar-refractivity contribution in [2.24, 2.45) is 5.92 Å². The molecule has 2 saturated heterocycles. The highest BCUT2D eigenvalue weighted by Gasteiger charge is 2.34. The van der Waals surface area contributed by atoms with Crippen LogP contribution in [0, 0.1) is 12.8 Å². The number of piperidine rings is 2. The molecule has 4 rings (SSSR count). The summed E-state index contributed by atoms with van der Waals surface area (Å²) in [6.45, 7) is 6.25. The molecule has 2 atom stereocenters. The molecule has 0 bridgehead atoms. The standard InChI is InChI=1S/C22H32N6O2/c1-17-23-24-25-28(17)20-10-8-18(9-11-20)22(29)27(14-15-30-2)16-19-6-5-13-26-12-4-3-7-21(19)26/h8-11,19,21H,3-7,12-16H2,1-2H3/t19-,21+/m0/s1. The Balaban J connectivity index is 1.48. The number of hydrogen-bond acceptors (Lipinski definition) is 6. The number of fused-ring (bicyclic) bond motifs is 1. The zero-order chi connectivity index (χ0) is 20.9. The molecule has 0 aliphatic carbocycles. The van der Waals surface area contributed by atoms with Gasteiger partial charge in [0.1, 0.15) is 0 Å². The number of hydrogen-bond donors (Lipinski definition) is 0. The Hall–Kier alpha value is -2.32. The fourth-order valence-corrected chi connectivity index (χ4v) is 4.95. The summed E-state index contributed by atoms with van der Waals surface area (Å²) < 4.78 is 6.97. The van der Waals surface area contributed by atoms with Gasteiger partial charge in [-0.2, -0.15) is 4.68 Å². The Morgan fingerprint density at radius 1 is 1.17 bits per heavy atom. The lowest BCUT2D eigenvalue weighted by molar-refractivity contribution is 0.0315. The van der Waals surface area contributed by atoms with Gasteiger partial charge < -0.3 is 14.5 Å². The van der Waals surface area contributed by atoms with Gasteiger partial charge in [0.05, 0.1) is 12.3 Å². The minimum Gasteiger partial charge on any atom is -0.383 e. The predicted octanol–water partition coefficient (Wildman–Crippen LogP) is 2.32. The average molecular weight is 413 g/mol. The Bertz CT molecular complexity index is 834. The summed E-state index contributed by atoms with van der Waals surface area (Å²) in [5, 5.41) is 11.6. The minimum absolute atomic E-state index is 0.0694. The maximum atomic E-state index is 13.4. The monoisotopic (exact) mass is 412 g/mol. The van der Waals surface area contributed by atoms with Crippen LogP contribution in [0.25, 0.3) is 5.69 Å². The van der Waals surface area contributed by atoms with E-state index in [1.54, 1.807) is 11.8 Å². The second-order valence-corrected chi connectivity index (χ2v) is 8.43. The summed E-state index contributed by atoms with van der Waals surface area (Å²) in [5.41, 5.74) is 1.54. The zero-order valence-corrected chi connectivity index (χ0v) is 18.0. The first-order valence-electron chi connectivity index (χ1n) is 11.0. The molecule has 1 amide bonds. The third-order valence-electron chi connectivity index (χ3n) is 6.52. The summed E-state index contributed by atoms with van der Waals surface area (Å²) in [6, 6.07) is 8.15. The third-order valence-corrected chi connectivity index (χ3v) is 6.52. The van der Waals surface area contributed by atoms with E-state index in [1.807, 2.05) is 36.1 Å². The molecule has 2 aliphatic heterocycles. The van der Waals surface area contributed by atoms with Crippen LogP contribution in [0.2, 0.25) is 0 Å². The van der Waals surface area contributed by atoms with E-state index >= 15 is 0 Å². The van der Waals surface area contributed by atoms with Crippen molar-refractivity contribution in [3.05, 3.63) is 35.7 Å². The smallest absolute Gasteiger partial charge is 0.253 e. The molecule has 1 aromatic heterocycles. The Morgan fingerprint density at radius 3 is 2.70 bits per heavy atom. The molecule has 3 heterocycles. The highest BCUT2D eigenvalue weighted by atomic mass is 16.5. The largest absolute Gasteiger partial charge is 0.383 e. The van der Waals surface area contributed by atoms with Crippen LogP contribution in [-0.2, 0) is 4.74 Å². The quantitative estimate of drug-likeness (QED) is 0.695. The van der Waals surface area contributed by atoms with Gasteiger partial charge in [-0.15, -0.1) is 5.10 Å². The van der Waals surface area contributed by atoms with Gasteiger partial charge in [-0.05, 0) is 86.3 Å². The fourth-order valence-electron chi connectivity index (χ4n) is 4.95. The molecule has 0 unspecified atom stereocenters. The highest BCUT2D eigenvalue weighted by Crippen LogP contribution is 2.31. The van der Waals surface area contributed by atoms with Crippen molar-refractivity contribution in [3.63, 3.8) is 0 Å². The van der Waals surface area contributed by atoms with Crippen LogP contribution >= 0.6 is 0 Å². The van der Waals surface area contributed by atoms with E-state index in [4.69, 9.17) is 4.74 Å². The predicted molar refractivity (Wildman–Crippen MR) is 114 cm³/mol. The Labute approximate surface area is 178 Å². The van der Waals surface area contributed by atoms with Crippen LogP contribution in [0.15, 0.2) is 24.3 Å². The molecule has 0 radical (unpaired) electrons. The molecule has 2 aliphatic rings. The van der Waals surface area contributed by atoms with Crippen LogP contribution in [-0.4, -0.2) is 81.9 Å². The maximum absolute atomic E-state index is 13.4. The van der Waals surface area contributed by atoms with Crippen molar-refractivity contribution in [3.8, 4) is 5.69 Å². The highest BCUT2D eigenvalue weighted by molar-refractivity contribution is 5.94. The van der Waals surface area contributed by atoms with E-state index in [2.05, 4.69) is 20.4 Å². The molecule has 8 nitrogen and oxygen atoms in total. The van der Waals surface area contributed by atoms with E-state index in [9.17, 15) is 4.79 Å². The number of nitrogens with zero attached hydrogens (tertiary/aromatic N) is 6. The Morgan fingerprint density at radius 2 is 1.97 bits per heavy atom. The van der Waals surface area contributed by atoms with Gasteiger partial charge in [-0.1, -0.05) is 6.42 Å². The van der Waals surface area contributed by atoms with Crippen LogP contribution in [0.1, 0.15) is 48.3 Å². The maximum Gasteiger partial charge on any atom is 0.253 e. The number of benzene rings is 1. The SMILES string of the molecule is COCCN(C[C@@H]1CCCN2CCCC[C@H]12)C(=O)c1ccc(-n2nnnc2C)cc1. The van der Waals surface area contributed by atoms with Gasteiger partial charge in [0.2, 0.25) is 0 Å². The number of aromatic nitrogens is 4. The second-order valence-electron chi connectivity index (χ2n) is 8.43. The molecule has 2 aromatic rings. The number of carbonyl (C=O) groups is 1. The van der Waals surface area contributed by atoms with Crippen molar-refractivity contribution in [2.45, 2.75) is 45.1 Å². The topological polar surface area (TPSA) is 76.4 Å². The van der Waals surface area contributed by atoms with Gasteiger partial charge in [-0.3, -0.25) is 4.79 Å². The normalized spacial score (nSPS) is 21.9. The van der Waals surface area contributed by atoms with Crippen LogP contribution in [0.3, 0.4) is 0 Å². The lowest BCUT2D eigenvalue weighted by atomic mass is 9.83. The molecule has 2 fully saturated rings. The van der Waals surface area contributed by atoms with Gasteiger partial charge in [-0.25, -0.2) is 0 Å². The van der Waals surface area contributed by atoms with Crippen molar-refractivity contribution < 1.29 is 9.53 Å². The number of carbonyl (C=O) groups excluding carboxylic acids is 1. The zero-order valence-electron chi connectivity index (χ0n) is 18.0.